The normalized spacial score (nSPS) is 19.4. The Labute approximate surface area is 175 Å². The molecule has 7 heteroatoms. The molecule has 30 heavy (non-hydrogen) atoms. The van der Waals surface area contributed by atoms with E-state index in [1.165, 1.54) is 17.1 Å². The van der Waals surface area contributed by atoms with Crippen molar-refractivity contribution in [1.82, 2.24) is 24.9 Å². The highest BCUT2D eigenvalue weighted by Gasteiger charge is 2.30. The molecule has 6 nitrogen and oxygen atoms in total. The Bertz CT molecular complexity index is 1050. The first-order valence-corrected chi connectivity index (χ1v) is 10.1. The number of halogens is 1. The maximum atomic E-state index is 13.5. The van der Waals surface area contributed by atoms with Crippen LogP contribution in [0.5, 0.6) is 0 Å². The minimum absolute atomic E-state index is 0.0171. The highest BCUT2D eigenvalue weighted by atomic mass is 19.1. The Morgan fingerprint density at radius 1 is 1.17 bits per heavy atom. The molecule has 2 atom stereocenters. The molecule has 1 aromatic carbocycles. The van der Waals surface area contributed by atoms with Gasteiger partial charge in [0.2, 0.25) is 0 Å². The molecule has 2 aromatic heterocycles. The first kappa shape index (κ1) is 19.9. The topological polar surface area (TPSA) is 63.9 Å². The zero-order valence-electron chi connectivity index (χ0n) is 17.1. The summed E-state index contributed by atoms with van der Waals surface area (Å²) in [5.41, 5.74) is 3.00. The summed E-state index contributed by atoms with van der Waals surface area (Å²) in [6, 6.07) is 8.93. The van der Waals surface area contributed by atoms with Crippen LogP contribution < -0.4 is 0 Å². The molecule has 0 bridgehead atoms. The molecular formula is C23H24FN5O. The minimum Gasteiger partial charge on any atom is -0.335 e. The van der Waals surface area contributed by atoms with Gasteiger partial charge in [-0.05, 0) is 62.9 Å². The molecule has 0 spiro atoms. The molecule has 1 saturated heterocycles. The van der Waals surface area contributed by atoms with Gasteiger partial charge >= 0.3 is 0 Å². The van der Waals surface area contributed by atoms with Gasteiger partial charge in [-0.1, -0.05) is 17.7 Å². The molecule has 1 aliphatic heterocycles. The summed E-state index contributed by atoms with van der Waals surface area (Å²) in [6.45, 7) is 4.68. The summed E-state index contributed by atoms with van der Waals surface area (Å²) in [4.78, 5) is 21.0. The van der Waals surface area contributed by atoms with E-state index in [1.807, 2.05) is 36.1 Å². The van der Waals surface area contributed by atoms with E-state index >= 15 is 0 Å². The predicted molar refractivity (Wildman–Crippen MR) is 113 cm³/mol. The molecule has 0 N–H and O–H groups in total. The third-order valence-corrected chi connectivity index (χ3v) is 5.49. The summed E-state index contributed by atoms with van der Waals surface area (Å²) in [6.07, 6.45) is 10.3. The number of piperidine rings is 1. The van der Waals surface area contributed by atoms with E-state index in [9.17, 15) is 9.18 Å². The summed E-state index contributed by atoms with van der Waals surface area (Å²) < 4.78 is 13.0. The maximum absolute atomic E-state index is 13.5. The van der Waals surface area contributed by atoms with Gasteiger partial charge in [-0.25, -0.2) is 4.39 Å². The standard InChI is InChI=1S/C23H24FN5O/c1-16-3-10-22(29-26-11-12-27-29)21(13-16)23(30)28-15-18(5-4-17(28)2)6-8-20-9-7-19(24)14-25-20/h3,6-14,17-18H,4-5,15H2,1-2H3/b8-6-/t17-,18+/m1/s1. The van der Waals surface area contributed by atoms with E-state index in [4.69, 9.17) is 0 Å². The summed E-state index contributed by atoms with van der Waals surface area (Å²) in [5.74, 6) is -0.152. The molecule has 0 saturated carbocycles. The van der Waals surface area contributed by atoms with Crippen LogP contribution in [0.4, 0.5) is 4.39 Å². The number of carbonyl (C=O) groups is 1. The molecule has 1 fully saturated rings. The fourth-order valence-electron chi connectivity index (χ4n) is 3.79. The number of aromatic nitrogens is 4. The van der Waals surface area contributed by atoms with Crippen molar-refractivity contribution in [2.75, 3.05) is 6.54 Å². The van der Waals surface area contributed by atoms with Crippen molar-refractivity contribution in [1.29, 1.82) is 0 Å². The third-order valence-electron chi connectivity index (χ3n) is 5.49. The second kappa shape index (κ2) is 8.57. The number of aryl methyl sites for hydroxylation is 1. The average Bonchev–Trinajstić information content (AvgIpc) is 3.28. The molecule has 4 rings (SSSR count). The minimum atomic E-state index is -0.351. The fourth-order valence-corrected chi connectivity index (χ4v) is 3.79. The molecule has 3 aromatic rings. The smallest absolute Gasteiger partial charge is 0.256 e. The SMILES string of the molecule is Cc1ccc(-n2nccn2)c(C(=O)N2C[C@H](/C=C\c3ccc(F)cn3)CC[C@H]2C)c1. The van der Waals surface area contributed by atoms with Crippen LogP contribution in [0.15, 0.2) is 55.0 Å². The zero-order chi connectivity index (χ0) is 21.1. The Hall–Kier alpha value is -3.35. The van der Waals surface area contributed by atoms with E-state index in [2.05, 4.69) is 28.2 Å². The number of hydrogen-bond donors (Lipinski definition) is 0. The quantitative estimate of drug-likeness (QED) is 0.657. The summed E-state index contributed by atoms with van der Waals surface area (Å²) >= 11 is 0. The van der Waals surface area contributed by atoms with Crippen molar-refractivity contribution in [3.05, 3.63) is 77.6 Å². The molecule has 3 heterocycles. The van der Waals surface area contributed by atoms with Gasteiger partial charge in [-0.15, -0.1) is 0 Å². The van der Waals surface area contributed by atoms with Gasteiger partial charge in [0, 0.05) is 12.6 Å². The first-order valence-electron chi connectivity index (χ1n) is 10.1. The molecule has 0 unspecified atom stereocenters. The van der Waals surface area contributed by atoms with E-state index < -0.39 is 0 Å². The van der Waals surface area contributed by atoms with E-state index in [1.54, 1.807) is 18.5 Å². The number of benzene rings is 1. The lowest BCUT2D eigenvalue weighted by Gasteiger charge is -2.37. The van der Waals surface area contributed by atoms with E-state index in [0.29, 0.717) is 23.5 Å². The Morgan fingerprint density at radius 3 is 2.70 bits per heavy atom. The molecule has 0 aliphatic carbocycles. The maximum Gasteiger partial charge on any atom is 0.256 e. The lowest BCUT2D eigenvalue weighted by molar-refractivity contribution is 0.0593. The largest absolute Gasteiger partial charge is 0.335 e. The van der Waals surface area contributed by atoms with Crippen LogP contribution in [0.2, 0.25) is 0 Å². The van der Waals surface area contributed by atoms with Crippen LogP contribution in [0.1, 0.15) is 41.4 Å². The van der Waals surface area contributed by atoms with Gasteiger partial charge in [0.25, 0.3) is 5.91 Å². The molecule has 154 valence electrons. The van der Waals surface area contributed by atoms with Crippen molar-refractivity contribution in [2.24, 2.45) is 5.92 Å². The monoisotopic (exact) mass is 405 g/mol. The van der Waals surface area contributed by atoms with Gasteiger partial charge < -0.3 is 4.90 Å². The third kappa shape index (κ3) is 4.30. The second-order valence-electron chi connectivity index (χ2n) is 7.74. The summed E-state index contributed by atoms with van der Waals surface area (Å²) in [5, 5.41) is 8.40. The molecular weight excluding hydrogens is 381 g/mol. The number of carbonyl (C=O) groups excluding carboxylic acids is 1. The van der Waals surface area contributed by atoms with Crippen LogP contribution in [0.25, 0.3) is 11.8 Å². The van der Waals surface area contributed by atoms with Gasteiger partial charge in [0.15, 0.2) is 0 Å². The predicted octanol–water partition coefficient (Wildman–Crippen LogP) is 4.06. The molecule has 1 aliphatic rings. The number of rotatable bonds is 4. The van der Waals surface area contributed by atoms with Gasteiger partial charge in [-0.2, -0.15) is 15.0 Å². The van der Waals surface area contributed by atoms with Crippen LogP contribution in [-0.4, -0.2) is 43.4 Å². The van der Waals surface area contributed by atoms with Gasteiger partial charge in [0.05, 0.1) is 35.5 Å². The van der Waals surface area contributed by atoms with Crippen LogP contribution >= 0.6 is 0 Å². The van der Waals surface area contributed by atoms with Gasteiger partial charge in [0.1, 0.15) is 5.82 Å². The summed E-state index contributed by atoms with van der Waals surface area (Å²) in [7, 11) is 0. The van der Waals surface area contributed by atoms with E-state index in [0.717, 1.165) is 18.4 Å². The number of pyridine rings is 1. The lowest BCUT2D eigenvalue weighted by atomic mass is 9.92. The van der Waals surface area contributed by atoms with Crippen molar-refractivity contribution in [3.63, 3.8) is 0 Å². The Balaban J connectivity index is 1.56. The highest BCUT2D eigenvalue weighted by Crippen LogP contribution is 2.27. The van der Waals surface area contributed by atoms with Crippen molar-refractivity contribution < 1.29 is 9.18 Å². The van der Waals surface area contributed by atoms with E-state index in [-0.39, 0.29) is 23.7 Å². The van der Waals surface area contributed by atoms with Gasteiger partial charge in [-0.3, -0.25) is 9.78 Å². The fraction of sp³-hybridized carbons (Fsp3) is 0.304. The number of amides is 1. The van der Waals surface area contributed by atoms with Crippen LogP contribution in [0, 0.1) is 18.7 Å². The molecule has 0 radical (unpaired) electrons. The number of nitrogens with zero attached hydrogens (tertiary/aromatic N) is 5. The number of likely N-dealkylation sites (tertiary alicyclic amines) is 1. The highest BCUT2D eigenvalue weighted by molar-refractivity contribution is 5.98. The van der Waals surface area contributed by atoms with Crippen LogP contribution in [0.3, 0.4) is 0 Å². The second-order valence-corrected chi connectivity index (χ2v) is 7.74. The first-order chi connectivity index (χ1) is 14.5. The zero-order valence-corrected chi connectivity index (χ0v) is 17.1. The van der Waals surface area contributed by atoms with Crippen molar-refractivity contribution >= 4 is 12.0 Å². The molecule has 1 amide bonds. The Morgan fingerprint density at radius 2 is 1.97 bits per heavy atom. The van der Waals surface area contributed by atoms with Crippen molar-refractivity contribution in [2.45, 2.75) is 32.7 Å². The van der Waals surface area contributed by atoms with Crippen LogP contribution in [-0.2, 0) is 0 Å². The average molecular weight is 405 g/mol. The lowest BCUT2D eigenvalue weighted by Crippen LogP contribution is -2.45. The van der Waals surface area contributed by atoms with Crippen molar-refractivity contribution in [3.8, 4) is 5.69 Å². The number of hydrogen-bond acceptors (Lipinski definition) is 4. The Kier molecular flexibility index (Phi) is 5.70.